The van der Waals surface area contributed by atoms with Gasteiger partial charge < -0.3 is 10.2 Å². The largest absolute Gasteiger partial charge is 0.355 e. The Labute approximate surface area is 131 Å². The van der Waals surface area contributed by atoms with Crippen LogP contribution in [0.1, 0.15) is 5.56 Å². The average Bonchev–Trinajstić information content (AvgIpc) is 3.02. The van der Waals surface area contributed by atoms with Gasteiger partial charge >= 0.3 is 0 Å². The SMILES string of the molecule is CN=C(NCC1CN2CCN1CC2)N(C)Cc1ccsc1. The maximum absolute atomic E-state index is 4.42. The van der Waals surface area contributed by atoms with E-state index in [1.807, 2.05) is 7.05 Å². The van der Waals surface area contributed by atoms with Crippen molar-refractivity contribution in [1.82, 2.24) is 20.0 Å². The Morgan fingerprint density at radius 2 is 2.24 bits per heavy atom. The summed E-state index contributed by atoms with van der Waals surface area (Å²) in [6.45, 7) is 8.00. The molecule has 1 atom stereocenters. The van der Waals surface area contributed by atoms with Crippen molar-refractivity contribution in [2.45, 2.75) is 12.6 Å². The number of fused-ring (bicyclic) bond motifs is 3. The summed E-state index contributed by atoms with van der Waals surface area (Å²) in [4.78, 5) is 11.8. The molecule has 5 nitrogen and oxygen atoms in total. The van der Waals surface area contributed by atoms with Crippen LogP contribution < -0.4 is 5.32 Å². The molecule has 21 heavy (non-hydrogen) atoms. The van der Waals surface area contributed by atoms with Crippen LogP contribution in [0.25, 0.3) is 0 Å². The summed E-state index contributed by atoms with van der Waals surface area (Å²) < 4.78 is 0. The molecule has 3 fully saturated rings. The van der Waals surface area contributed by atoms with Crippen molar-refractivity contribution in [1.29, 1.82) is 0 Å². The minimum Gasteiger partial charge on any atom is -0.355 e. The molecule has 3 aliphatic heterocycles. The highest BCUT2D eigenvalue weighted by Crippen LogP contribution is 2.15. The van der Waals surface area contributed by atoms with Crippen molar-refractivity contribution in [2.24, 2.45) is 4.99 Å². The van der Waals surface area contributed by atoms with Crippen LogP contribution in [0.2, 0.25) is 0 Å². The van der Waals surface area contributed by atoms with Crippen LogP contribution in [-0.2, 0) is 6.54 Å². The molecule has 0 amide bonds. The summed E-state index contributed by atoms with van der Waals surface area (Å²) in [5.74, 6) is 0.985. The molecule has 1 aromatic heterocycles. The van der Waals surface area contributed by atoms with E-state index in [9.17, 15) is 0 Å². The van der Waals surface area contributed by atoms with Crippen LogP contribution in [0.5, 0.6) is 0 Å². The fourth-order valence-corrected chi connectivity index (χ4v) is 3.90. The van der Waals surface area contributed by atoms with Gasteiger partial charge in [0.15, 0.2) is 5.96 Å². The van der Waals surface area contributed by atoms with E-state index in [-0.39, 0.29) is 0 Å². The van der Waals surface area contributed by atoms with Gasteiger partial charge in [0.2, 0.25) is 0 Å². The Morgan fingerprint density at radius 1 is 1.43 bits per heavy atom. The molecule has 0 aliphatic carbocycles. The van der Waals surface area contributed by atoms with Crippen molar-refractivity contribution < 1.29 is 0 Å². The van der Waals surface area contributed by atoms with Gasteiger partial charge in [-0.05, 0) is 22.4 Å². The van der Waals surface area contributed by atoms with Gasteiger partial charge in [0.1, 0.15) is 0 Å². The van der Waals surface area contributed by atoms with Gasteiger partial charge in [-0.2, -0.15) is 11.3 Å². The molecule has 116 valence electrons. The molecule has 1 unspecified atom stereocenters. The highest BCUT2D eigenvalue weighted by Gasteiger charge is 2.31. The lowest BCUT2D eigenvalue weighted by Crippen LogP contribution is -2.63. The number of hydrogen-bond acceptors (Lipinski definition) is 4. The van der Waals surface area contributed by atoms with E-state index >= 15 is 0 Å². The predicted molar refractivity (Wildman–Crippen MR) is 88.9 cm³/mol. The van der Waals surface area contributed by atoms with Crippen molar-refractivity contribution in [2.75, 3.05) is 53.4 Å². The standard InChI is InChI=1S/C15H25N5S/c1-16-15(18(2)10-13-3-8-21-12-13)17-9-14-11-19-4-6-20(14)7-5-19/h3,8,12,14H,4-7,9-11H2,1-2H3,(H,16,17). The molecule has 0 saturated carbocycles. The normalized spacial score (nSPS) is 28.7. The molecule has 3 aliphatic rings. The second-order valence-electron chi connectivity index (χ2n) is 5.91. The zero-order valence-electron chi connectivity index (χ0n) is 13.0. The number of thiophene rings is 1. The topological polar surface area (TPSA) is 34.1 Å². The Kier molecular flexibility index (Phi) is 4.77. The molecular formula is C15H25N5S. The summed E-state index contributed by atoms with van der Waals surface area (Å²) in [7, 11) is 3.97. The van der Waals surface area contributed by atoms with Gasteiger partial charge in [0.05, 0.1) is 0 Å². The van der Waals surface area contributed by atoms with E-state index in [0.29, 0.717) is 6.04 Å². The molecule has 2 bridgehead atoms. The van der Waals surface area contributed by atoms with Crippen LogP contribution in [0.3, 0.4) is 0 Å². The first kappa shape index (κ1) is 14.8. The molecule has 1 N–H and O–H groups in total. The van der Waals surface area contributed by atoms with E-state index in [0.717, 1.165) is 19.0 Å². The molecule has 0 aromatic carbocycles. The van der Waals surface area contributed by atoms with Gasteiger partial charge in [-0.25, -0.2) is 0 Å². The molecule has 6 heteroatoms. The summed E-state index contributed by atoms with van der Waals surface area (Å²) in [5, 5.41) is 7.87. The quantitative estimate of drug-likeness (QED) is 0.658. The van der Waals surface area contributed by atoms with Crippen molar-refractivity contribution in [3.05, 3.63) is 22.4 Å². The molecule has 1 aromatic rings. The average molecular weight is 307 g/mol. The zero-order chi connectivity index (χ0) is 14.7. The highest BCUT2D eigenvalue weighted by atomic mass is 32.1. The van der Waals surface area contributed by atoms with Crippen LogP contribution in [-0.4, -0.2) is 80.1 Å². The van der Waals surface area contributed by atoms with Crippen molar-refractivity contribution >= 4 is 17.3 Å². The molecule has 0 radical (unpaired) electrons. The van der Waals surface area contributed by atoms with E-state index in [1.54, 1.807) is 11.3 Å². The van der Waals surface area contributed by atoms with E-state index in [1.165, 1.54) is 38.3 Å². The monoisotopic (exact) mass is 307 g/mol. The lowest BCUT2D eigenvalue weighted by molar-refractivity contribution is 0.0152. The molecule has 0 spiro atoms. The Balaban J connectivity index is 1.50. The van der Waals surface area contributed by atoms with Crippen molar-refractivity contribution in [3.8, 4) is 0 Å². The highest BCUT2D eigenvalue weighted by molar-refractivity contribution is 7.07. The van der Waals surface area contributed by atoms with E-state index in [2.05, 4.69) is 48.9 Å². The minimum absolute atomic E-state index is 0.624. The van der Waals surface area contributed by atoms with Crippen LogP contribution in [0.15, 0.2) is 21.8 Å². The van der Waals surface area contributed by atoms with Crippen LogP contribution in [0, 0.1) is 0 Å². The van der Waals surface area contributed by atoms with Crippen molar-refractivity contribution in [3.63, 3.8) is 0 Å². The maximum atomic E-state index is 4.42. The van der Waals surface area contributed by atoms with Gasteiger partial charge in [0.25, 0.3) is 0 Å². The Bertz CT molecular complexity index is 464. The van der Waals surface area contributed by atoms with Gasteiger partial charge in [-0.1, -0.05) is 0 Å². The summed E-state index contributed by atoms with van der Waals surface area (Å²) in [6.07, 6.45) is 0. The number of aliphatic imine (C=N–C) groups is 1. The third-order valence-corrected chi connectivity index (χ3v) is 5.19. The lowest BCUT2D eigenvalue weighted by Gasteiger charge is -2.47. The molecule has 3 saturated heterocycles. The number of nitrogens with zero attached hydrogens (tertiary/aromatic N) is 4. The Hall–Kier alpha value is -1.11. The van der Waals surface area contributed by atoms with Gasteiger partial charge in [0, 0.05) is 66.0 Å². The molecule has 4 heterocycles. The fraction of sp³-hybridized carbons (Fsp3) is 0.667. The van der Waals surface area contributed by atoms with E-state index < -0.39 is 0 Å². The second-order valence-corrected chi connectivity index (χ2v) is 6.69. The first-order valence-electron chi connectivity index (χ1n) is 7.65. The summed E-state index contributed by atoms with van der Waals surface area (Å²) in [5.41, 5.74) is 1.34. The third-order valence-electron chi connectivity index (χ3n) is 4.46. The van der Waals surface area contributed by atoms with Crippen LogP contribution >= 0.6 is 11.3 Å². The predicted octanol–water partition coefficient (Wildman–Crippen LogP) is 0.755. The number of guanidine groups is 1. The zero-order valence-corrected chi connectivity index (χ0v) is 13.8. The van der Waals surface area contributed by atoms with Crippen LogP contribution in [0.4, 0.5) is 0 Å². The smallest absolute Gasteiger partial charge is 0.193 e. The van der Waals surface area contributed by atoms with Gasteiger partial charge in [-0.15, -0.1) is 0 Å². The number of rotatable bonds is 4. The second kappa shape index (κ2) is 6.77. The summed E-state index contributed by atoms with van der Waals surface area (Å²) >= 11 is 1.75. The van der Waals surface area contributed by atoms with Gasteiger partial charge in [-0.3, -0.25) is 14.8 Å². The first-order valence-corrected chi connectivity index (χ1v) is 8.60. The minimum atomic E-state index is 0.624. The number of nitrogens with one attached hydrogen (secondary N) is 1. The number of piperazine rings is 3. The third kappa shape index (κ3) is 3.56. The number of hydrogen-bond donors (Lipinski definition) is 1. The first-order chi connectivity index (χ1) is 10.3. The van der Waals surface area contributed by atoms with E-state index in [4.69, 9.17) is 0 Å². The molecule has 4 rings (SSSR count). The maximum Gasteiger partial charge on any atom is 0.193 e. The summed E-state index contributed by atoms with van der Waals surface area (Å²) in [6, 6.07) is 2.80. The Morgan fingerprint density at radius 3 is 2.81 bits per heavy atom. The lowest BCUT2D eigenvalue weighted by atomic mass is 10.1. The molecular weight excluding hydrogens is 282 g/mol. The fourth-order valence-electron chi connectivity index (χ4n) is 3.24.